The number of rotatable bonds is 2. The fourth-order valence-electron chi connectivity index (χ4n) is 1.00. The number of nitrogens with zero attached hydrogens (tertiary/aromatic N) is 2. The van der Waals surface area contributed by atoms with Gasteiger partial charge in [0.2, 0.25) is 0 Å². The Morgan fingerprint density at radius 2 is 1.93 bits per heavy atom. The average Bonchev–Trinajstić information content (AvgIpc) is 2.08. The van der Waals surface area contributed by atoms with E-state index in [4.69, 9.17) is 11.6 Å². The Balaban J connectivity index is 3.06. The van der Waals surface area contributed by atoms with E-state index in [0.29, 0.717) is 16.6 Å². The molecule has 0 spiro atoms. The lowest BCUT2D eigenvalue weighted by molar-refractivity contribution is -0.128. The summed E-state index contributed by atoms with van der Waals surface area (Å²) < 4.78 is 36.7. The van der Waals surface area contributed by atoms with Crippen LogP contribution in [-0.2, 0) is 12.8 Å². The Labute approximate surface area is 98.0 Å². The maximum Gasteiger partial charge on any atom is 0.396 e. The van der Waals surface area contributed by atoms with E-state index in [1.54, 1.807) is 6.92 Å². The molecule has 0 amide bonds. The normalized spacial score (nSPS) is 11.9. The van der Waals surface area contributed by atoms with Gasteiger partial charge < -0.3 is 0 Å². The molecule has 0 radical (unpaired) electrons. The quantitative estimate of drug-likeness (QED) is 0.781. The van der Waals surface area contributed by atoms with Gasteiger partial charge in [0.25, 0.3) is 0 Å². The van der Waals surface area contributed by atoms with E-state index in [2.05, 4.69) is 25.9 Å². The predicted molar refractivity (Wildman–Crippen MR) is 53.9 cm³/mol. The smallest absolute Gasteiger partial charge is 0.236 e. The van der Waals surface area contributed by atoms with E-state index in [-0.39, 0.29) is 11.0 Å². The molecule has 0 unspecified atom stereocenters. The van der Waals surface area contributed by atoms with Crippen LogP contribution in [0.4, 0.5) is 13.2 Å². The van der Waals surface area contributed by atoms with Crippen LogP contribution in [0, 0.1) is 0 Å². The standard InChI is InChI=1S/C8H7BrClF3N2/c1-2-4-6(9)7(10)15-5(14-4)3-8(11,12)13/h2-3H2,1H3. The predicted octanol–water partition coefficient (Wildman–Crippen LogP) is 3.56. The number of halogens is 5. The van der Waals surface area contributed by atoms with E-state index in [0.717, 1.165) is 0 Å². The molecule has 1 heterocycles. The van der Waals surface area contributed by atoms with Crippen molar-refractivity contribution in [3.05, 3.63) is 21.1 Å². The van der Waals surface area contributed by atoms with Crippen molar-refractivity contribution in [3.8, 4) is 0 Å². The monoisotopic (exact) mass is 302 g/mol. The number of hydrogen-bond acceptors (Lipinski definition) is 2. The maximum absolute atomic E-state index is 12.1. The van der Waals surface area contributed by atoms with E-state index in [9.17, 15) is 13.2 Å². The molecule has 0 atom stereocenters. The van der Waals surface area contributed by atoms with Gasteiger partial charge in [-0.15, -0.1) is 0 Å². The molecule has 0 aromatic carbocycles. The zero-order chi connectivity index (χ0) is 11.6. The highest BCUT2D eigenvalue weighted by atomic mass is 79.9. The Morgan fingerprint density at radius 3 is 2.40 bits per heavy atom. The van der Waals surface area contributed by atoms with Crippen LogP contribution in [0.5, 0.6) is 0 Å². The van der Waals surface area contributed by atoms with Crippen molar-refractivity contribution in [1.82, 2.24) is 9.97 Å². The summed E-state index contributed by atoms with van der Waals surface area (Å²) in [5.41, 5.74) is 0.481. The van der Waals surface area contributed by atoms with Crippen LogP contribution < -0.4 is 0 Å². The third kappa shape index (κ3) is 3.61. The molecule has 0 aliphatic heterocycles. The first-order valence-corrected chi connectivity index (χ1v) is 5.28. The largest absolute Gasteiger partial charge is 0.396 e. The highest BCUT2D eigenvalue weighted by Gasteiger charge is 2.30. The summed E-state index contributed by atoms with van der Waals surface area (Å²) >= 11 is 8.78. The molecule has 0 aliphatic carbocycles. The first-order chi connectivity index (χ1) is 6.83. The first kappa shape index (κ1) is 12.7. The fraction of sp³-hybridized carbons (Fsp3) is 0.500. The Kier molecular flexibility index (Phi) is 3.94. The van der Waals surface area contributed by atoms with Gasteiger partial charge in [0.05, 0.1) is 10.2 Å². The second-order valence-electron chi connectivity index (χ2n) is 2.84. The number of hydrogen-bond donors (Lipinski definition) is 0. The summed E-state index contributed by atoms with van der Waals surface area (Å²) in [5.74, 6) is -0.299. The summed E-state index contributed by atoms with van der Waals surface area (Å²) in [4.78, 5) is 7.33. The Hall–Kier alpha value is -0.360. The molecule has 84 valence electrons. The molecule has 2 nitrogen and oxygen atoms in total. The van der Waals surface area contributed by atoms with E-state index >= 15 is 0 Å². The van der Waals surface area contributed by atoms with Crippen LogP contribution >= 0.6 is 27.5 Å². The summed E-state index contributed by atoms with van der Waals surface area (Å²) in [6, 6.07) is 0. The molecule has 1 aromatic heterocycles. The van der Waals surface area contributed by atoms with Gasteiger partial charge in [-0.3, -0.25) is 0 Å². The second kappa shape index (κ2) is 4.65. The third-order valence-electron chi connectivity index (χ3n) is 1.62. The second-order valence-corrected chi connectivity index (χ2v) is 3.99. The molecule has 1 aromatic rings. The Morgan fingerprint density at radius 1 is 1.33 bits per heavy atom. The summed E-state index contributed by atoms with van der Waals surface area (Å²) in [6.07, 6.45) is -4.98. The molecule has 7 heteroatoms. The van der Waals surface area contributed by atoms with Crippen molar-refractivity contribution in [1.29, 1.82) is 0 Å². The van der Waals surface area contributed by atoms with Gasteiger partial charge in [0.15, 0.2) is 0 Å². The van der Waals surface area contributed by atoms with Gasteiger partial charge in [0, 0.05) is 0 Å². The van der Waals surface area contributed by atoms with Crippen LogP contribution in [0.25, 0.3) is 0 Å². The molecule has 0 saturated heterocycles. The number of aryl methyl sites for hydroxylation is 1. The molecule has 0 N–H and O–H groups in total. The molecular formula is C8H7BrClF3N2. The molecule has 15 heavy (non-hydrogen) atoms. The number of alkyl halides is 3. The van der Waals surface area contributed by atoms with Crippen LogP contribution in [0.3, 0.4) is 0 Å². The minimum Gasteiger partial charge on any atom is -0.236 e. The average molecular weight is 304 g/mol. The van der Waals surface area contributed by atoms with Crippen molar-refractivity contribution in [3.63, 3.8) is 0 Å². The molecule has 0 saturated carbocycles. The van der Waals surface area contributed by atoms with Crippen molar-refractivity contribution >= 4 is 27.5 Å². The van der Waals surface area contributed by atoms with Gasteiger partial charge in [-0.25, -0.2) is 9.97 Å². The highest BCUT2D eigenvalue weighted by Crippen LogP contribution is 2.26. The van der Waals surface area contributed by atoms with Gasteiger partial charge in [0.1, 0.15) is 17.4 Å². The topological polar surface area (TPSA) is 25.8 Å². The summed E-state index contributed by atoms with van der Waals surface area (Å²) in [6.45, 7) is 1.78. The lowest BCUT2D eigenvalue weighted by atomic mass is 10.3. The summed E-state index contributed by atoms with van der Waals surface area (Å²) in [5, 5.41) is 0.0149. The highest BCUT2D eigenvalue weighted by molar-refractivity contribution is 9.10. The molecule has 0 aliphatic rings. The van der Waals surface area contributed by atoms with Gasteiger partial charge >= 0.3 is 6.18 Å². The minimum absolute atomic E-state index is 0.0149. The van der Waals surface area contributed by atoms with Crippen LogP contribution in [0.15, 0.2) is 4.47 Å². The fourth-order valence-corrected chi connectivity index (χ4v) is 1.67. The van der Waals surface area contributed by atoms with Crippen molar-refractivity contribution in [2.24, 2.45) is 0 Å². The molecule has 0 bridgehead atoms. The van der Waals surface area contributed by atoms with Crippen LogP contribution in [0.2, 0.25) is 5.15 Å². The maximum atomic E-state index is 12.1. The molecule has 1 rings (SSSR count). The van der Waals surface area contributed by atoms with Gasteiger partial charge in [-0.1, -0.05) is 18.5 Å². The zero-order valence-electron chi connectivity index (χ0n) is 7.70. The lowest BCUT2D eigenvalue weighted by Crippen LogP contribution is -2.15. The lowest BCUT2D eigenvalue weighted by Gasteiger charge is -2.08. The minimum atomic E-state index is -4.32. The Bertz CT molecular complexity index is 368. The number of aromatic nitrogens is 2. The van der Waals surface area contributed by atoms with Crippen LogP contribution in [0.1, 0.15) is 18.4 Å². The van der Waals surface area contributed by atoms with Crippen molar-refractivity contribution < 1.29 is 13.2 Å². The van der Waals surface area contributed by atoms with Crippen LogP contribution in [-0.4, -0.2) is 16.1 Å². The molecule has 0 fully saturated rings. The van der Waals surface area contributed by atoms with Crippen molar-refractivity contribution in [2.75, 3.05) is 0 Å². The summed E-state index contributed by atoms with van der Waals surface area (Å²) in [7, 11) is 0. The van der Waals surface area contributed by atoms with E-state index < -0.39 is 12.6 Å². The third-order valence-corrected chi connectivity index (χ3v) is 2.95. The zero-order valence-corrected chi connectivity index (χ0v) is 10.0. The first-order valence-electron chi connectivity index (χ1n) is 4.11. The van der Waals surface area contributed by atoms with E-state index in [1.165, 1.54) is 0 Å². The molecular weight excluding hydrogens is 296 g/mol. The van der Waals surface area contributed by atoms with Gasteiger partial charge in [-0.05, 0) is 22.4 Å². The van der Waals surface area contributed by atoms with E-state index in [1.807, 2.05) is 0 Å². The SMILES string of the molecule is CCc1nc(CC(F)(F)F)nc(Cl)c1Br. The van der Waals surface area contributed by atoms with Gasteiger partial charge in [-0.2, -0.15) is 13.2 Å². The van der Waals surface area contributed by atoms with Crippen molar-refractivity contribution in [2.45, 2.75) is 25.9 Å².